The van der Waals surface area contributed by atoms with Gasteiger partial charge < -0.3 is 0 Å². The second-order valence-corrected chi connectivity index (χ2v) is 6.66. The second kappa shape index (κ2) is 9.24. The molecule has 0 aromatic rings. The predicted octanol–water partition coefficient (Wildman–Crippen LogP) is 0.468. The number of amides is 8. The zero-order chi connectivity index (χ0) is 20.9. The van der Waals surface area contributed by atoms with Gasteiger partial charge in [-0.3, -0.25) is 39.6 Å². The Labute approximate surface area is 157 Å². The minimum atomic E-state index is -0.748. The highest BCUT2D eigenvalue weighted by Gasteiger charge is 2.39. The normalized spacial score (nSPS) is 23.2. The maximum Gasteiger partial charge on any atom is 0.330 e. The average Bonchev–Trinajstić information content (AvgIpc) is 2.58. The fourth-order valence-corrected chi connectivity index (χ4v) is 2.67. The number of carbonyl (C=O) groups excluding carboxylic acids is 6. The van der Waals surface area contributed by atoms with Gasteiger partial charge in [0.05, 0.1) is 0 Å². The number of nitrogens with one attached hydrogen (secondary N) is 2. The first-order chi connectivity index (χ1) is 12.5. The Morgan fingerprint density at radius 2 is 1.26 bits per heavy atom. The summed E-state index contributed by atoms with van der Waals surface area (Å²) in [7, 11) is 0. The van der Waals surface area contributed by atoms with E-state index in [1.165, 1.54) is 6.92 Å². The number of carbonyl (C=O) groups is 6. The Morgan fingerprint density at radius 3 is 1.70 bits per heavy atom. The van der Waals surface area contributed by atoms with Gasteiger partial charge in [-0.05, 0) is 33.1 Å². The van der Waals surface area contributed by atoms with E-state index < -0.39 is 41.6 Å². The lowest BCUT2D eigenvalue weighted by atomic mass is 9.94. The molecule has 2 fully saturated rings. The predicted molar refractivity (Wildman–Crippen MR) is 94.0 cm³/mol. The van der Waals surface area contributed by atoms with Crippen LogP contribution in [-0.2, 0) is 19.2 Å². The summed E-state index contributed by atoms with van der Waals surface area (Å²) in [4.78, 5) is 69.6. The van der Waals surface area contributed by atoms with E-state index in [1.54, 1.807) is 13.8 Å². The molecule has 0 radical (unpaired) electrons. The minimum Gasteiger partial charge on any atom is -0.277 e. The number of imide groups is 4. The average molecular weight is 382 g/mol. The van der Waals surface area contributed by atoms with Crippen LogP contribution in [0.15, 0.2) is 0 Å². The number of hydrogen-bond acceptors (Lipinski definition) is 6. The molecule has 0 saturated carbocycles. The fourth-order valence-electron chi connectivity index (χ4n) is 2.67. The van der Waals surface area contributed by atoms with Crippen LogP contribution in [0.3, 0.4) is 0 Å². The van der Waals surface area contributed by atoms with Crippen LogP contribution in [0.5, 0.6) is 0 Å². The molecule has 8 amide bonds. The highest BCUT2D eigenvalue weighted by molar-refractivity contribution is 6.16. The zero-order valence-electron chi connectivity index (χ0n) is 16.2. The molecule has 2 saturated heterocycles. The van der Waals surface area contributed by atoms with Gasteiger partial charge in [0, 0.05) is 13.1 Å². The summed E-state index contributed by atoms with van der Waals surface area (Å²) < 4.78 is 0. The molecular weight excluding hydrogens is 356 g/mol. The largest absolute Gasteiger partial charge is 0.330 e. The van der Waals surface area contributed by atoms with E-state index in [0.717, 1.165) is 9.80 Å². The third-order valence-electron chi connectivity index (χ3n) is 4.20. The third-order valence-corrected chi connectivity index (χ3v) is 4.20. The molecule has 2 unspecified atom stereocenters. The molecule has 150 valence electrons. The van der Waals surface area contributed by atoms with Gasteiger partial charge in [0.2, 0.25) is 23.6 Å². The van der Waals surface area contributed by atoms with Crippen molar-refractivity contribution in [1.29, 1.82) is 0 Å². The summed E-state index contributed by atoms with van der Waals surface area (Å²) in [5.41, 5.74) is 0. The molecule has 10 nitrogen and oxygen atoms in total. The molecule has 2 heterocycles. The summed E-state index contributed by atoms with van der Waals surface area (Å²) in [6.07, 6.45) is 0.481. The van der Waals surface area contributed by atoms with Gasteiger partial charge in [-0.25, -0.2) is 9.59 Å². The lowest BCUT2D eigenvalue weighted by Gasteiger charge is -2.29. The lowest BCUT2D eigenvalue weighted by molar-refractivity contribution is -0.144. The van der Waals surface area contributed by atoms with Crippen molar-refractivity contribution < 1.29 is 28.8 Å². The first-order valence-corrected chi connectivity index (χ1v) is 8.87. The SMILES string of the molecule is CCN1C(=O)NC(=O)C(C)C1=O.CCN1C(=O)NC(=O)C(CC(C)C)C1=O. The molecule has 27 heavy (non-hydrogen) atoms. The molecule has 2 aliphatic rings. The molecule has 2 atom stereocenters. The van der Waals surface area contributed by atoms with Crippen LogP contribution in [0.2, 0.25) is 0 Å². The van der Waals surface area contributed by atoms with Crippen LogP contribution < -0.4 is 10.6 Å². The van der Waals surface area contributed by atoms with Crippen LogP contribution in [0.4, 0.5) is 9.59 Å². The smallest absolute Gasteiger partial charge is 0.277 e. The molecule has 0 aliphatic carbocycles. The van der Waals surface area contributed by atoms with Crippen molar-refractivity contribution in [2.45, 2.75) is 41.0 Å². The second-order valence-electron chi connectivity index (χ2n) is 6.66. The van der Waals surface area contributed by atoms with Crippen molar-refractivity contribution in [3.63, 3.8) is 0 Å². The van der Waals surface area contributed by atoms with E-state index in [2.05, 4.69) is 10.6 Å². The number of barbiturate groups is 2. The van der Waals surface area contributed by atoms with Crippen molar-refractivity contribution in [3.05, 3.63) is 0 Å². The standard InChI is InChI=1S/C10H16N2O3.C7H10N2O3/c1-4-12-9(14)7(5-6(2)3)8(13)11-10(12)15;1-3-9-6(11)4(2)5(10)8-7(9)12/h6-7H,4-5H2,1-3H3,(H,11,13,15);4H,3H2,1-2H3,(H,8,10,12). The van der Waals surface area contributed by atoms with E-state index in [1.807, 2.05) is 13.8 Å². The van der Waals surface area contributed by atoms with E-state index in [-0.39, 0.29) is 11.8 Å². The molecular formula is C17H26N4O6. The highest BCUT2D eigenvalue weighted by Crippen LogP contribution is 2.18. The van der Waals surface area contributed by atoms with Crippen LogP contribution in [0.1, 0.15) is 41.0 Å². The summed E-state index contributed by atoms with van der Waals surface area (Å²) in [5, 5.41) is 4.28. The minimum absolute atomic E-state index is 0.247. The molecule has 2 aliphatic heterocycles. The monoisotopic (exact) mass is 382 g/mol. The van der Waals surface area contributed by atoms with Crippen LogP contribution in [0.25, 0.3) is 0 Å². The maximum absolute atomic E-state index is 11.8. The molecule has 2 rings (SSSR count). The Hall–Kier alpha value is -2.78. The van der Waals surface area contributed by atoms with Crippen molar-refractivity contribution in [2.24, 2.45) is 17.8 Å². The van der Waals surface area contributed by atoms with E-state index in [9.17, 15) is 28.8 Å². The Balaban J connectivity index is 0.000000277. The van der Waals surface area contributed by atoms with Gasteiger partial charge in [0.25, 0.3) is 0 Å². The topological polar surface area (TPSA) is 133 Å². The summed E-state index contributed by atoms with van der Waals surface area (Å²) in [6, 6.07) is -1.22. The molecule has 0 aromatic heterocycles. The molecule has 0 aromatic carbocycles. The van der Waals surface area contributed by atoms with Gasteiger partial charge in [0.1, 0.15) is 11.8 Å². The van der Waals surface area contributed by atoms with Crippen LogP contribution in [-0.4, -0.2) is 58.6 Å². The Kier molecular flexibility index (Phi) is 7.62. The quantitative estimate of drug-likeness (QED) is 0.679. The number of rotatable bonds is 4. The maximum atomic E-state index is 11.8. The molecule has 2 N–H and O–H groups in total. The van der Waals surface area contributed by atoms with Crippen molar-refractivity contribution >= 4 is 35.7 Å². The van der Waals surface area contributed by atoms with Crippen molar-refractivity contribution in [2.75, 3.05) is 13.1 Å². The summed E-state index contributed by atoms with van der Waals surface area (Å²) in [6.45, 7) is 9.34. The molecule has 10 heteroatoms. The number of nitrogens with zero attached hydrogens (tertiary/aromatic N) is 2. The molecule has 0 spiro atoms. The Bertz CT molecular complexity index is 660. The number of urea groups is 2. The van der Waals surface area contributed by atoms with Crippen molar-refractivity contribution in [3.8, 4) is 0 Å². The summed E-state index contributed by atoms with van der Waals surface area (Å²) in [5.74, 6) is -2.99. The molecule has 0 bridgehead atoms. The third kappa shape index (κ3) is 5.11. The van der Waals surface area contributed by atoms with Crippen LogP contribution >= 0.6 is 0 Å². The fraction of sp³-hybridized carbons (Fsp3) is 0.647. The van der Waals surface area contributed by atoms with Gasteiger partial charge in [0.15, 0.2) is 0 Å². The number of hydrogen-bond donors (Lipinski definition) is 2. The van der Waals surface area contributed by atoms with Gasteiger partial charge in [-0.2, -0.15) is 0 Å². The lowest BCUT2D eigenvalue weighted by Crippen LogP contribution is -2.57. The highest BCUT2D eigenvalue weighted by atomic mass is 16.2. The van der Waals surface area contributed by atoms with Gasteiger partial charge in [-0.1, -0.05) is 13.8 Å². The Morgan fingerprint density at radius 1 is 0.815 bits per heavy atom. The first kappa shape index (κ1) is 22.3. The van der Waals surface area contributed by atoms with E-state index >= 15 is 0 Å². The van der Waals surface area contributed by atoms with E-state index in [0.29, 0.717) is 19.5 Å². The van der Waals surface area contributed by atoms with Gasteiger partial charge >= 0.3 is 12.1 Å². The summed E-state index contributed by atoms with van der Waals surface area (Å²) >= 11 is 0. The zero-order valence-corrected chi connectivity index (χ0v) is 16.2. The first-order valence-electron chi connectivity index (χ1n) is 8.87. The van der Waals surface area contributed by atoms with Crippen molar-refractivity contribution in [1.82, 2.24) is 20.4 Å². The van der Waals surface area contributed by atoms with E-state index in [4.69, 9.17) is 0 Å². The van der Waals surface area contributed by atoms with Crippen LogP contribution in [0, 0.1) is 17.8 Å². The van der Waals surface area contributed by atoms with Gasteiger partial charge in [-0.15, -0.1) is 0 Å².